The van der Waals surface area contributed by atoms with Crippen molar-refractivity contribution in [1.29, 1.82) is 5.41 Å². The van der Waals surface area contributed by atoms with Crippen LogP contribution in [0.1, 0.15) is 32.6 Å². The van der Waals surface area contributed by atoms with Crippen molar-refractivity contribution in [2.75, 3.05) is 0 Å². The second-order valence-electron chi connectivity index (χ2n) is 2.54. The number of allylic oxidation sites excluding steroid dienone is 3. The summed E-state index contributed by atoms with van der Waals surface area (Å²) < 4.78 is 0. The van der Waals surface area contributed by atoms with Crippen LogP contribution in [-0.4, -0.2) is 5.71 Å². The molecule has 0 aliphatic rings. The van der Waals surface area contributed by atoms with Gasteiger partial charge < -0.3 is 5.41 Å². The van der Waals surface area contributed by atoms with Crippen LogP contribution in [0.4, 0.5) is 0 Å². The lowest BCUT2D eigenvalue weighted by Crippen LogP contribution is -1.88. The standard InChI is InChI=1S/C10H17N/c1-3-5-7-9-10(11)8-6-4-2/h4,7,9,11H,2-3,5-6,8H2,1H3/b9-7-,11-10?. The first-order valence-electron chi connectivity index (χ1n) is 4.16. The van der Waals surface area contributed by atoms with E-state index >= 15 is 0 Å². The highest BCUT2D eigenvalue weighted by Gasteiger charge is 1.87. The van der Waals surface area contributed by atoms with E-state index in [-0.39, 0.29) is 0 Å². The van der Waals surface area contributed by atoms with Crippen LogP contribution in [-0.2, 0) is 0 Å². The predicted octanol–water partition coefficient (Wildman–Crippen LogP) is 3.33. The van der Waals surface area contributed by atoms with Crippen LogP contribution in [0.2, 0.25) is 0 Å². The van der Waals surface area contributed by atoms with Crippen LogP contribution >= 0.6 is 0 Å². The monoisotopic (exact) mass is 151 g/mol. The molecule has 62 valence electrons. The van der Waals surface area contributed by atoms with E-state index in [0.717, 1.165) is 25.7 Å². The van der Waals surface area contributed by atoms with Crippen molar-refractivity contribution in [3.05, 3.63) is 24.8 Å². The first-order chi connectivity index (χ1) is 5.31. The zero-order valence-electron chi connectivity index (χ0n) is 7.27. The van der Waals surface area contributed by atoms with Crippen molar-refractivity contribution in [2.24, 2.45) is 0 Å². The Balaban J connectivity index is 3.42. The summed E-state index contributed by atoms with van der Waals surface area (Å²) >= 11 is 0. The highest BCUT2D eigenvalue weighted by molar-refractivity contribution is 5.92. The molecule has 0 bridgehead atoms. The van der Waals surface area contributed by atoms with E-state index in [1.54, 1.807) is 0 Å². The van der Waals surface area contributed by atoms with E-state index in [4.69, 9.17) is 5.41 Å². The summed E-state index contributed by atoms with van der Waals surface area (Å²) in [5.74, 6) is 0. The largest absolute Gasteiger partial charge is 0.305 e. The predicted molar refractivity (Wildman–Crippen MR) is 51.2 cm³/mol. The van der Waals surface area contributed by atoms with Crippen LogP contribution in [0.5, 0.6) is 0 Å². The summed E-state index contributed by atoms with van der Waals surface area (Å²) in [6.45, 7) is 5.74. The molecule has 0 aliphatic carbocycles. The van der Waals surface area contributed by atoms with Gasteiger partial charge in [0.1, 0.15) is 0 Å². The molecule has 0 aromatic heterocycles. The molecule has 0 rings (SSSR count). The number of rotatable bonds is 6. The normalized spacial score (nSPS) is 10.3. The quantitative estimate of drug-likeness (QED) is 0.445. The summed E-state index contributed by atoms with van der Waals surface area (Å²) in [4.78, 5) is 0. The van der Waals surface area contributed by atoms with E-state index in [0.29, 0.717) is 5.71 Å². The molecule has 0 spiro atoms. The fourth-order valence-electron chi connectivity index (χ4n) is 0.733. The Morgan fingerprint density at radius 2 is 2.18 bits per heavy atom. The minimum absolute atomic E-state index is 0.707. The second-order valence-corrected chi connectivity index (χ2v) is 2.54. The Hall–Kier alpha value is -0.850. The highest BCUT2D eigenvalue weighted by Crippen LogP contribution is 1.95. The Labute approximate surface area is 69.3 Å². The molecular weight excluding hydrogens is 134 g/mol. The lowest BCUT2D eigenvalue weighted by atomic mass is 10.2. The lowest BCUT2D eigenvalue weighted by Gasteiger charge is -1.92. The van der Waals surface area contributed by atoms with Crippen LogP contribution in [0, 0.1) is 5.41 Å². The number of hydrogen-bond acceptors (Lipinski definition) is 1. The zero-order valence-corrected chi connectivity index (χ0v) is 7.27. The van der Waals surface area contributed by atoms with E-state index in [1.807, 2.05) is 12.2 Å². The van der Waals surface area contributed by atoms with Gasteiger partial charge in [0.15, 0.2) is 0 Å². The Morgan fingerprint density at radius 1 is 1.45 bits per heavy atom. The van der Waals surface area contributed by atoms with Crippen LogP contribution in [0.15, 0.2) is 24.8 Å². The Morgan fingerprint density at radius 3 is 2.73 bits per heavy atom. The highest BCUT2D eigenvalue weighted by atomic mass is 14.4. The average molecular weight is 151 g/mol. The van der Waals surface area contributed by atoms with E-state index in [2.05, 4.69) is 19.6 Å². The molecule has 0 heterocycles. The van der Waals surface area contributed by atoms with Crippen LogP contribution < -0.4 is 0 Å². The van der Waals surface area contributed by atoms with Crippen LogP contribution in [0.25, 0.3) is 0 Å². The van der Waals surface area contributed by atoms with Gasteiger partial charge in [-0.2, -0.15) is 0 Å². The molecule has 0 radical (unpaired) electrons. The topological polar surface area (TPSA) is 23.9 Å². The smallest absolute Gasteiger partial charge is 0.0313 e. The van der Waals surface area contributed by atoms with Gasteiger partial charge in [0.2, 0.25) is 0 Å². The molecule has 0 aromatic carbocycles. The molecule has 1 N–H and O–H groups in total. The summed E-state index contributed by atoms with van der Waals surface area (Å²) in [5, 5.41) is 7.44. The first kappa shape index (κ1) is 10.2. The van der Waals surface area contributed by atoms with Gasteiger partial charge in [-0.05, 0) is 25.3 Å². The van der Waals surface area contributed by atoms with Gasteiger partial charge in [0.25, 0.3) is 0 Å². The number of nitrogens with one attached hydrogen (secondary N) is 1. The van der Waals surface area contributed by atoms with Crippen molar-refractivity contribution in [2.45, 2.75) is 32.6 Å². The zero-order chi connectivity index (χ0) is 8.53. The van der Waals surface area contributed by atoms with Gasteiger partial charge in [-0.25, -0.2) is 0 Å². The van der Waals surface area contributed by atoms with Crippen molar-refractivity contribution in [1.82, 2.24) is 0 Å². The van der Waals surface area contributed by atoms with Gasteiger partial charge in [-0.1, -0.05) is 25.5 Å². The fraction of sp³-hybridized carbons (Fsp3) is 0.500. The minimum Gasteiger partial charge on any atom is -0.305 e. The minimum atomic E-state index is 0.707. The summed E-state index contributed by atoms with van der Waals surface area (Å²) in [6, 6.07) is 0. The third-order valence-electron chi connectivity index (χ3n) is 1.39. The van der Waals surface area contributed by atoms with Crippen molar-refractivity contribution >= 4 is 5.71 Å². The molecule has 0 unspecified atom stereocenters. The van der Waals surface area contributed by atoms with Gasteiger partial charge in [-0.3, -0.25) is 0 Å². The first-order valence-corrected chi connectivity index (χ1v) is 4.16. The molecule has 0 atom stereocenters. The van der Waals surface area contributed by atoms with E-state index in [1.165, 1.54) is 0 Å². The Kier molecular flexibility index (Phi) is 6.70. The van der Waals surface area contributed by atoms with Crippen LogP contribution in [0.3, 0.4) is 0 Å². The summed E-state index contributed by atoms with van der Waals surface area (Å²) in [5.41, 5.74) is 0.707. The summed E-state index contributed by atoms with van der Waals surface area (Å²) in [6.07, 6.45) is 9.78. The fourth-order valence-corrected chi connectivity index (χ4v) is 0.733. The molecule has 0 aliphatic heterocycles. The molecule has 0 amide bonds. The van der Waals surface area contributed by atoms with Crippen molar-refractivity contribution < 1.29 is 0 Å². The van der Waals surface area contributed by atoms with E-state index in [9.17, 15) is 0 Å². The number of unbranched alkanes of at least 4 members (excludes halogenated alkanes) is 1. The maximum Gasteiger partial charge on any atom is 0.0313 e. The third kappa shape index (κ3) is 7.04. The lowest BCUT2D eigenvalue weighted by molar-refractivity contribution is 0.958. The molecule has 11 heavy (non-hydrogen) atoms. The van der Waals surface area contributed by atoms with Gasteiger partial charge >= 0.3 is 0 Å². The molecule has 0 saturated heterocycles. The van der Waals surface area contributed by atoms with Crippen molar-refractivity contribution in [3.63, 3.8) is 0 Å². The molecular formula is C10H17N. The molecule has 1 nitrogen and oxygen atoms in total. The molecule has 0 aromatic rings. The SMILES string of the molecule is C=CCCC(=N)/C=C\CCC. The summed E-state index contributed by atoms with van der Waals surface area (Å²) in [7, 11) is 0. The van der Waals surface area contributed by atoms with Gasteiger partial charge in [-0.15, -0.1) is 6.58 Å². The maximum atomic E-state index is 7.44. The second kappa shape index (κ2) is 7.26. The average Bonchev–Trinajstić information content (AvgIpc) is 2.01. The molecule has 1 heteroatoms. The van der Waals surface area contributed by atoms with Crippen molar-refractivity contribution in [3.8, 4) is 0 Å². The number of hydrogen-bond donors (Lipinski definition) is 1. The molecule has 0 fully saturated rings. The van der Waals surface area contributed by atoms with Gasteiger partial charge in [0.05, 0.1) is 0 Å². The maximum absolute atomic E-state index is 7.44. The van der Waals surface area contributed by atoms with E-state index < -0.39 is 0 Å². The molecule has 0 saturated carbocycles. The van der Waals surface area contributed by atoms with Gasteiger partial charge in [0, 0.05) is 5.71 Å². The Bertz CT molecular complexity index is 145. The third-order valence-corrected chi connectivity index (χ3v) is 1.39.